The molecule has 6 N–H and O–H groups in total. The largest absolute Gasteiger partial charge is 0.394 e. The normalized spacial score (nSPS) is 18.4. The van der Waals surface area contributed by atoms with Gasteiger partial charge in [-0.3, -0.25) is 4.79 Å². The molecule has 0 aliphatic carbocycles. The van der Waals surface area contributed by atoms with Crippen molar-refractivity contribution in [2.24, 2.45) is 0 Å². The lowest BCUT2D eigenvalue weighted by atomic mass is 9.99. The summed E-state index contributed by atoms with van der Waals surface area (Å²) in [5.41, 5.74) is 0. The molecule has 1 rings (SSSR count). The highest BCUT2D eigenvalue weighted by Crippen LogP contribution is 2.24. The molecule has 1 aliphatic heterocycles. The molecule has 1 heterocycles. The van der Waals surface area contributed by atoms with Crippen LogP contribution in [0, 0.1) is 0 Å². The minimum Gasteiger partial charge on any atom is -0.394 e. The Hall–Kier alpha value is -1.07. The van der Waals surface area contributed by atoms with Crippen LogP contribution in [0.15, 0.2) is 12.2 Å². The third-order valence-electron chi connectivity index (χ3n) is 17.6. The molecule has 7 atom stereocenters. The standard InChI is InChI=1S/C71H139NO8/c1-3-5-7-9-11-13-15-17-19-21-23-25-27-29-30-31-32-33-34-35-36-37-38-40-42-44-46-48-50-52-54-56-58-60-65(74)64(63-79-71-70(78)69(77)68(76)66(62-73)80-71)72-67(75)61-59-57-55-53-51-49-47-45-43-41-39-28-26-24-22-20-18-16-14-12-10-8-6-4-2/h58,60,64-66,68-71,73-74,76-78H,3-57,59,61-63H2,1-2H3,(H,72,75)/b60-58+. The number of aliphatic hydroxyl groups excluding tert-OH is 5. The van der Waals surface area contributed by atoms with Crippen LogP contribution in [-0.4, -0.2) is 87.5 Å². The molecular formula is C71H139NO8. The van der Waals surface area contributed by atoms with Crippen molar-refractivity contribution in [3.8, 4) is 0 Å². The number of ether oxygens (including phenoxy) is 2. The van der Waals surface area contributed by atoms with Gasteiger partial charge in [0.05, 0.1) is 25.4 Å². The van der Waals surface area contributed by atoms with Gasteiger partial charge in [0, 0.05) is 6.42 Å². The molecule has 7 unspecified atom stereocenters. The van der Waals surface area contributed by atoms with Crippen molar-refractivity contribution < 1.29 is 39.8 Å². The monoisotopic (exact) mass is 1130 g/mol. The zero-order valence-electron chi connectivity index (χ0n) is 53.4. The number of hydrogen-bond donors (Lipinski definition) is 6. The molecule has 0 aromatic carbocycles. The first-order valence-corrected chi connectivity index (χ1v) is 35.9. The van der Waals surface area contributed by atoms with E-state index in [1.165, 1.54) is 321 Å². The fourth-order valence-electron chi connectivity index (χ4n) is 12.0. The second-order valence-electron chi connectivity index (χ2n) is 25.4. The van der Waals surface area contributed by atoms with Crippen molar-refractivity contribution >= 4 is 5.91 Å². The predicted octanol–water partition coefficient (Wildman–Crippen LogP) is 19.5. The summed E-state index contributed by atoms with van der Waals surface area (Å²) in [6.07, 6.45) is 71.9. The first-order chi connectivity index (χ1) is 39.3. The van der Waals surface area contributed by atoms with Gasteiger partial charge in [-0.15, -0.1) is 0 Å². The lowest BCUT2D eigenvalue weighted by molar-refractivity contribution is -0.302. The summed E-state index contributed by atoms with van der Waals surface area (Å²) in [6.45, 7) is 3.85. The second-order valence-corrected chi connectivity index (χ2v) is 25.4. The summed E-state index contributed by atoms with van der Waals surface area (Å²) >= 11 is 0. The van der Waals surface area contributed by atoms with Gasteiger partial charge < -0.3 is 40.3 Å². The fraction of sp³-hybridized carbons (Fsp3) is 0.958. The Morgan fingerprint density at radius 3 is 0.975 bits per heavy atom. The van der Waals surface area contributed by atoms with Gasteiger partial charge >= 0.3 is 0 Å². The van der Waals surface area contributed by atoms with Crippen LogP contribution in [0.4, 0.5) is 0 Å². The van der Waals surface area contributed by atoms with E-state index in [2.05, 4.69) is 19.2 Å². The molecule has 0 saturated carbocycles. The molecule has 0 radical (unpaired) electrons. The van der Waals surface area contributed by atoms with Crippen LogP contribution in [0.2, 0.25) is 0 Å². The Bertz CT molecular complexity index is 1270. The van der Waals surface area contributed by atoms with Crippen molar-refractivity contribution in [2.45, 2.75) is 423 Å². The number of nitrogens with one attached hydrogen (secondary N) is 1. The average molecular weight is 1130 g/mol. The summed E-state index contributed by atoms with van der Waals surface area (Å²) < 4.78 is 11.3. The maximum atomic E-state index is 13.1. The van der Waals surface area contributed by atoms with E-state index in [9.17, 15) is 30.3 Å². The third-order valence-corrected chi connectivity index (χ3v) is 17.6. The molecule has 0 spiro atoms. The number of allylic oxidation sites excluding steroid dienone is 1. The van der Waals surface area contributed by atoms with Crippen LogP contribution in [0.1, 0.15) is 380 Å². The van der Waals surface area contributed by atoms with E-state index in [1.54, 1.807) is 6.08 Å². The molecule has 476 valence electrons. The molecule has 0 aromatic rings. The summed E-state index contributed by atoms with van der Waals surface area (Å²) in [7, 11) is 0. The Morgan fingerprint density at radius 2 is 0.688 bits per heavy atom. The van der Waals surface area contributed by atoms with Gasteiger partial charge in [0.15, 0.2) is 6.29 Å². The smallest absolute Gasteiger partial charge is 0.220 e. The highest BCUT2D eigenvalue weighted by atomic mass is 16.7. The number of amides is 1. The van der Waals surface area contributed by atoms with E-state index in [0.717, 1.165) is 38.5 Å². The lowest BCUT2D eigenvalue weighted by Gasteiger charge is -2.40. The number of unbranched alkanes of at least 4 members (excludes halogenated alkanes) is 54. The maximum absolute atomic E-state index is 13.1. The van der Waals surface area contributed by atoms with Crippen LogP contribution >= 0.6 is 0 Å². The number of aliphatic hydroxyl groups is 5. The number of carbonyl (C=O) groups is 1. The minimum atomic E-state index is -1.56. The molecule has 0 aromatic heterocycles. The Morgan fingerprint density at radius 1 is 0.412 bits per heavy atom. The summed E-state index contributed by atoms with van der Waals surface area (Å²) in [5, 5.41) is 54.8. The first-order valence-electron chi connectivity index (χ1n) is 35.9. The Kier molecular flexibility index (Phi) is 58.7. The summed E-state index contributed by atoms with van der Waals surface area (Å²) in [5.74, 6) is -0.167. The van der Waals surface area contributed by atoms with Gasteiger partial charge in [-0.05, 0) is 19.3 Å². The zero-order chi connectivity index (χ0) is 57.9. The Labute approximate surface area is 496 Å². The van der Waals surface area contributed by atoms with Gasteiger partial charge in [-0.25, -0.2) is 0 Å². The molecule has 80 heavy (non-hydrogen) atoms. The Balaban J connectivity index is 2.10. The first kappa shape index (κ1) is 76.9. The maximum Gasteiger partial charge on any atom is 0.220 e. The van der Waals surface area contributed by atoms with Crippen LogP contribution < -0.4 is 5.32 Å². The van der Waals surface area contributed by atoms with Gasteiger partial charge in [0.1, 0.15) is 24.4 Å². The molecule has 1 fully saturated rings. The number of hydrogen-bond acceptors (Lipinski definition) is 8. The number of carbonyl (C=O) groups excluding carboxylic acids is 1. The second kappa shape index (κ2) is 61.0. The van der Waals surface area contributed by atoms with Crippen LogP contribution in [0.5, 0.6) is 0 Å². The zero-order valence-corrected chi connectivity index (χ0v) is 53.4. The quantitative estimate of drug-likeness (QED) is 0.0261. The molecular weight excluding hydrogens is 995 g/mol. The van der Waals surface area contributed by atoms with E-state index in [1.807, 2.05) is 6.08 Å². The van der Waals surface area contributed by atoms with Crippen molar-refractivity contribution in [2.75, 3.05) is 13.2 Å². The molecule has 0 bridgehead atoms. The third kappa shape index (κ3) is 49.2. The van der Waals surface area contributed by atoms with Crippen molar-refractivity contribution in [1.82, 2.24) is 5.32 Å². The molecule has 9 nitrogen and oxygen atoms in total. The molecule has 9 heteroatoms. The SMILES string of the molecule is CCCCCCCCCCCCCCCCCCCCCCCCCCCCCCCCC/C=C/C(O)C(COC1OC(CO)C(O)C(O)C1O)NC(=O)CCCCCCCCCCCCCCCCCCCCCCCCCC. The summed E-state index contributed by atoms with van der Waals surface area (Å²) in [4.78, 5) is 13.1. The van der Waals surface area contributed by atoms with Gasteiger partial charge in [-0.2, -0.15) is 0 Å². The summed E-state index contributed by atoms with van der Waals surface area (Å²) in [6, 6.07) is -0.802. The van der Waals surface area contributed by atoms with Crippen molar-refractivity contribution in [3.05, 3.63) is 12.2 Å². The molecule has 1 amide bonds. The fourth-order valence-corrected chi connectivity index (χ4v) is 12.0. The minimum absolute atomic E-state index is 0.167. The van der Waals surface area contributed by atoms with Crippen molar-refractivity contribution in [3.63, 3.8) is 0 Å². The van der Waals surface area contributed by atoms with Crippen LogP contribution in [0.25, 0.3) is 0 Å². The van der Waals surface area contributed by atoms with E-state index >= 15 is 0 Å². The van der Waals surface area contributed by atoms with Crippen molar-refractivity contribution in [1.29, 1.82) is 0 Å². The van der Waals surface area contributed by atoms with E-state index in [4.69, 9.17) is 9.47 Å². The number of rotatable bonds is 64. The predicted molar refractivity (Wildman–Crippen MR) is 341 cm³/mol. The molecule has 1 aliphatic rings. The van der Waals surface area contributed by atoms with E-state index in [0.29, 0.717) is 6.42 Å². The van der Waals surface area contributed by atoms with Gasteiger partial charge in [-0.1, -0.05) is 366 Å². The van der Waals surface area contributed by atoms with Gasteiger partial charge in [0.2, 0.25) is 5.91 Å². The van der Waals surface area contributed by atoms with E-state index < -0.39 is 49.5 Å². The van der Waals surface area contributed by atoms with Crippen LogP contribution in [-0.2, 0) is 14.3 Å². The highest BCUT2D eigenvalue weighted by molar-refractivity contribution is 5.76. The van der Waals surface area contributed by atoms with E-state index in [-0.39, 0.29) is 12.5 Å². The van der Waals surface area contributed by atoms with Crippen LogP contribution in [0.3, 0.4) is 0 Å². The topological polar surface area (TPSA) is 149 Å². The highest BCUT2D eigenvalue weighted by Gasteiger charge is 2.44. The average Bonchev–Trinajstić information content (AvgIpc) is 3.46. The molecule has 1 saturated heterocycles. The van der Waals surface area contributed by atoms with Gasteiger partial charge in [0.25, 0.3) is 0 Å². The lowest BCUT2D eigenvalue weighted by Crippen LogP contribution is -2.60.